The van der Waals surface area contributed by atoms with Crippen molar-refractivity contribution in [1.29, 1.82) is 0 Å². The molecule has 0 fully saturated rings. The second-order valence-corrected chi connectivity index (χ2v) is 7.12. The fraction of sp³-hybridized carbons (Fsp3) is 0.0385. The zero-order valence-electron chi connectivity index (χ0n) is 17.1. The SMILES string of the molecule is O=C(O)c1ccc(C=NNC(=O)c2ccc(COc3ccc4ccccc4c3)cc2)cc1. The number of carboxylic acid groups (broad SMARTS) is 1. The van der Waals surface area contributed by atoms with Crippen molar-refractivity contribution in [3.8, 4) is 5.75 Å². The van der Waals surface area contributed by atoms with Crippen LogP contribution in [0.25, 0.3) is 10.8 Å². The lowest BCUT2D eigenvalue weighted by Gasteiger charge is -2.08. The summed E-state index contributed by atoms with van der Waals surface area (Å²) < 4.78 is 5.88. The number of nitrogens with zero attached hydrogens (tertiary/aromatic N) is 1. The maximum atomic E-state index is 12.3. The van der Waals surface area contributed by atoms with Crippen LogP contribution in [0.15, 0.2) is 96.1 Å². The molecule has 2 N–H and O–H groups in total. The van der Waals surface area contributed by atoms with Gasteiger partial charge in [-0.05, 0) is 58.3 Å². The number of benzene rings is 4. The van der Waals surface area contributed by atoms with E-state index in [-0.39, 0.29) is 11.5 Å². The summed E-state index contributed by atoms with van der Waals surface area (Å²) in [5.74, 6) is -0.547. The van der Waals surface area contributed by atoms with Gasteiger partial charge in [-0.1, -0.05) is 54.6 Å². The second-order valence-electron chi connectivity index (χ2n) is 7.12. The highest BCUT2D eigenvalue weighted by molar-refractivity contribution is 5.95. The van der Waals surface area contributed by atoms with Crippen molar-refractivity contribution in [2.24, 2.45) is 5.10 Å². The average molecular weight is 424 g/mol. The zero-order valence-corrected chi connectivity index (χ0v) is 17.1. The van der Waals surface area contributed by atoms with Gasteiger partial charge in [0.1, 0.15) is 12.4 Å². The molecule has 158 valence electrons. The highest BCUT2D eigenvalue weighted by Crippen LogP contribution is 2.21. The molecule has 0 aromatic heterocycles. The molecule has 0 aliphatic rings. The third-order valence-corrected chi connectivity index (χ3v) is 4.88. The molecule has 32 heavy (non-hydrogen) atoms. The number of carboxylic acids is 1. The van der Waals surface area contributed by atoms with Gasteiger partial charge in [-0.25, -0.2) is 10.2 Å². The summed E-state index contributed by atoms with van der Waals surface area (Å²) in [5.41, 5.74) is 4.74. The third kappa shape index (κ3) is 5.17. The van der Waals surface area contributed by atoms with Crippen LogP contribution in [0.4, 0.5) is 0 Å². The Labute approximate surface area is 184 Å². The minimum atomic E-state index is -0.993. The number of ether oxygens (including phenoxy) is 1. The molecule has 0 aliphatic carbocycles. The van der Waals surface area contributed by atoms with Gasteiger partial charge in [-0.3, -0.25) is 4.79 Å². The summed E-state index contributed by atoms with van der Waals surface area (Å²) in [6.45, 7) is 0.394. The largest absolute Gasteiger partial charge is 0.489 e. The van der Waals surface area contributed by atoms with Crippen LogP contribution in [0.1, 0.15) is 31.8 Å². The van der Waals surface area contributed by atoms with Crippen LogP contribution >= 0.6 is 0 Å². The van der Waals surface area contributed by atoms with Crippen LogP contribution in [-0.2, 0) is 6.61 Å². The Morgan fingerprint density at radius 2 is 1.53 bits per heavy atom. The molecule has 0 bridgehead atoms. The minimum Gasteiger partial charge on any atom is -0.489 e. The Morgan fingerprint density at radius 3 is 2.25 bits per heavy atom. The van der Waals surface area contributed by atoms with Gasteiger partial charge in [0.05, 0.1) is 11.8 Å². The van der Waals surface area contributed by atoms with Crippen LogP contribution in [0.5, 0.6) is 5.75 Å². The van der Waals surface area contributed by atoms with Crippen molar-refractivity contribution in [2.75, 3.05) is 0 Å². The molecule has 6 nitrogen and oxygen atoms in total. The first-order chi connectivity index (χ1) is 15.6. The molecule has 4 aromatic carbocycles. The van der Waals surface area contributed by atoms with Crippen molar-refractivity contribution >= 4 is 28.9 Å². The number of hydrazone groups is 1. The van der Waals surface area contributed by atoms with Crippen LogP contribution in [-0.4, -0.2) is 23.2 Å². The van der Waals surface area contributed by atoms with E-state index >= 15 is 0 Å². The predicted octanol–water partition coefficient (Wildman–Crippen LogP) is 4.88. The molecule has 0 atom stereocenters. The van der Waals surface area contributed by atoms with Crippen molar-refractivity contribution in [1.82, 2.24) is 5.43 Å². The normalized spacial score (nSPS) is 10.9. The number of rotatable bonds is 7. The number of carbonyl (C=O) groups excluding carboxylic acids is 1. The van der Waals surface area contributed by atoms with E-state index in [9.17, 15) is 9.59 Å². The van der Waals surface area contributed by atoms with Crippen LogP contribution in [0, 0.1) is 0 Å². The van der Waals surface area contributed by atoms with Gasteiger partial charge in [0.15, 0.2) is 0 Å². The average Bonchev–Trinajstić information content (AvgIpc) is 2.83. The summed E-state index contributed by atoms with van der Waals surface area (Å²) >= 11 is 0. The highest BCUT2D eigenvalue weighted by Gasteiger charge is 2.05. The van der Waals surface area contributed by atoms with E-state index in [1.165, 1.54) is 18.3 Å². The quantitative estimate of drug-likeness (QED) is 0.327. The first-order valence-corrected chi connectivity index (χ1v) is 9.96. The lowest BCUT2D eigenvalue weighted by atomic mass is 10.1. The van der Waals surface area contributed by atoms with E-state index in [1.54, 1.807) is 24.3 Å². The van der Waals surface area contributed by atoms with Crippen LogP contribution in [0.3, 0.4) is 0 Å². The fourth-order valence-corrected chi connectivity index (χ4v) is 3.12. The molecule has 0 saturated heterocycles. The van der Waals surface area contributed by atoms with E-state index in [0.717, 1.165) is 22.1 Å². The maximum Gasteiger partial charge on any atom is 0.335 e. The Morgan fingerprint density at radius 1 is 0.844 bits per heavy atom. The number of carbonyl (C=O) groups is 2. The van der Waals surface area contributed by atoms with Crippen LogP contribution in [0.2, 0.25) is 0 Å². The van der Waals surface area contributed by atoms with Gasteiger partial charge in [0.25, 0.3) is 5.91 Å². The summed E-state index contributed by atoms with van der Waals surface area (Å²) in [5, 5.41) is 15.1. The molecule has 6 heteroatoms. The number of amides is 1. The van der Waals surface area contributed by atoms with Crippen molar-refractivity contribution in [3.63, 3.8) is 0 Å². The molecule has 1 amide bonds. The Bertz CT molecular complexity index is 1280. The molecule has 0 aliphatic heterocycles. The topological polar surface area (TPSA) is 88.0 Å². The minimum absolute atomic E-state index is 0.191. The zero-order chi connectivity index (χ0) is 22.3. The van der Waals surface area contributed by atoms with E-state index in [2.05, 4.69) is 16.6 Å². The molecule has 0 radical (unpaired) electrons. The molecular weight excluding hydrogens is 404 g/mol. The monoisotopic (exact) mass is 424 g/mol. The lowest BCUT2D eigenvalue weighted by molar-refractivity contribution is 0.0696. The van der Waals surface area contributed by atoms with E-state index in [0.29, 0.717) is 17.7 Å². The number of hydrogen-bond donors (Lipinski definition) is 2. The first-order valence-electron chi connectivity index (χ1n) is 9.96. The molecule has 0 spiro atoms. The molecular formula is C26H20N2O4. The molecule has 0 unspecified atom stereocenters. The van der Waals surface area contributed by atoms with Gasteiger partial charge in [-0.15, -0.1) is 0 Å². The summed E-state index contributed by atoms with van der Waals surface area (Å²) in [4.78, 5) is 23.1. The Balaban J connectivity index is 1.31. The van der Waals surface area contributed by atoms with Gasteiger partial charge in [-0.2, -0.15) is 5.10 Å². The predicted molar refractivity (Wildman–Crippen MR) is 123 cm³/mol. The van der Waals surface area contributed by atoms with Crippen molar-refractivity contribution < 1.29 is 19.4 Å². The summed E-state index contributed by atoms with van der Waals surface area (Å²) in [7, 11) is 0. The van der Waals surface area contributed by atoms with Gasteiger partial charge < -0.3 is 9.84 Å². The second kappa shape index (κ2) is 9.57. The standard InChI is InChI=1S/C26H20N2O4/c29-25(28-27-16-18-5-11-22(12-6-18)26(30)31)21-9-7-19(8-10-21)17-32-24-14-13-20-3-1-2-4-23(20)15-24/h1-16H,17H2,(H,28,29)(H,30,31). The number of fused-ring (bicyclic) bond motifs is 1. The number of aromatic carboxylic acids is 1. The van der Waals surface area contributed by atoms with E-state index in [4.69, 9.17) is 9.84 Å². The van der Waals surface area contributed by atoms with E-state index in [1.807, 2.05) is 48.5 Å². The lowest BCUT2D eigenvalue weighted by Crippen LogP contribution is -2.17. The molecule has 4 aromatic rings. The molecule has 0 heterocycles. The molecule has 0 saturated carbocycles. The van der Waals surface area contributed by atoms with Crippen molar-refractivity contribution in [2.45, 2.75) is 6.61 Å². The van der Waals surface area contributed by atoms with Gasteiger partial charge in [0, 0.05) is 5.56 Å². The summed E-state index contributed by atoms with van der Waals surface area (Å²) in [6, 6.07) is 27.4. The van der Waals surface area contributed by atoms with E-state index < -0.39 is 5.97 Å². The van der Waals surface area contributed by atoms with Crippen molar-refractivity contribution in [3.05, 3.63) is 113 Å². The fourth-order valence-electron chi connectivity index (χ4n) is 3.12. The smallest absolute Gasteiger partial charge is 0.335 e. The maximum absolute atomic E-state index is 12.3. The first kappa shape index (κ1) is 20.8. The third-order valence-electron chi connectivity index (χ3n) is 4.88. The van der Waals surface area contributed by atoms with Crippen LogP contribution < -0.4 is 10.2 Å². The number of hydrogen-bond acceptors (Lipinski definition) is 4. The van der Waals surface area contributed by atoms with Gasteiger partial charge in [0.2, 0.25) is 0 Å². The Hall–Kier alpha value is -4.45. The van der Waals surface area contributed by atoms with Gasteiger partial charge >= 0.3 is 5.97 Å². The molecule has 4 rings (SSSR count). The Kier molecular flexibility index (Phi) is 6.22. The summed E-state index contributed by atoms with van der Waals surface area (Å²) in [6.07, 6.45) is 1.45. The highest BCUT2D eigenvalue weighted by atomic mass is 16.5. The number of nitrogens with one attached hydrogen (secondary N) is 1.